The van der Waals surface area contributed by atoms with Crippen molar-refractivity contribution in [1.82, 2.24) is 20.8 Å². The van der Waals surface area contributed by atoms with E-state index in [1.165, 1.54) is 70.6 Å². The van der Waals surface area contributed by atoms with Crippen molar-refractivity contribution in [2.45, 2.75) is 89.0 Å². The molecule has 1 aliphatic heterocycles. The van der Waals surface area contributed by atoms with Crippen LogP contribution in [0.15, 0.2) is 10.8 Å². The zero-order chi connectivity index (χ0) is 15.8. The van der Waals surface area contributed by atoms with Gasteiger partial charge >= 0.3 is 0 Å². The van der Waals surface area contributed by atoms with Gasteiger partial charge in [0.25, 0.3) is 0 Å². The monoisotopic (exact) mass is 320 g/mol. The summed E-state index contributed by atoms with van der Waals surface area (Å²) in [5.74, 6) is 0. The van der Waals surface area contributed by atoms with E-state index in [1.54, 1.807) is 6.26 Å². The third-order valence-corrected chi connectivity index (χ3v) is 5.65. The highest BCUT2D eigenvalue weighted by molar-refractivity contribution is 5.10. The lowest BCUT2D eigenvalue weighted by Crippen LogP contribution is -2.54. The van der Waals surface area contributed by atoms with Gasteiger partial charge in [-0.15, -0.1) is 5.10 Å². The maximum atomic E-state index is 5.15. The smallest absolute Gasteiger partial charge is 0.149 e. The van der Waals surface area contributed by atoms with Crippen LogP contribution < -0.4 is 5.43 Å². The Labute approximate surface area is 140 Å². The Morgan fingerprint density at radius 3 is 2.22 bits per heavy atom. The van der Waals surface area contributed by atoms with Crippen LogP contribution >= 0.6 is 0 Å². The highest BCUT2D eigenvalue weighted by atomic mass is 16.5. The minimum Gasteiger partial charge on any atom is -0.345 e. The molecule has 0 atom stereocenters. The Kier molecular flexibility index (Phi) is 6.46. The molecule has 0 bridgehead atoms. The molecule has 2 aliphatic rings. The molecule has 5 nitrogen and oxygen atoms in total. The van der Waals surface area contributed by atoms with E-state index >= 15 is 0 Å². The lowest BCUT2D eigenvalue weighted by Gasteiger charge is -2.43. The Morgan fingerprint density at radius 1 is 0.870 bits per heavy atom. The third kappa shape index (κ3) is 4.32. The topological polar surface area (TPSA) is 54.2 Å². The first-order valence-corrected chi connectivity index (χ1v) is 9.70. The van der Waals surface area contributed by atoms with E-state index in [1.807, 2.05) is 0 Å². The first-order valence-electron chi connectivity index (χ1n) is 9.70. The largest absolute Gasteiger partial charge is 0.345 e. The van der Waals surface area contributed by atoms with Gasteiger partial charge in [0, 0.05) is 18.4 Å². The Morgan fingerprint density at radius 2 is 1.52 bits per heavy atom. The second-order valence-electron chi connectivity index (χ2n) is 7.27. The van der Waals surface area contributed by atoms with Crippen molar-refractivity contribution < 1.29 is 4.52 Å². The molecule has 0 spiro atoms. The lowest BCUT2D eigenvalue weighted by atomic mass is 9.84. The molecule has 23 heavy (non-hydrogen) atoms. The first-order chi connectivity index (χ1) is 11.4. The van der Waals surface area contributed by atoms with Crippen LogP contribution in [0.5, 0.6) is 0 Å². The maximum absolute atomic E-state index is 5.15. The number of nitrogens with one attached hydrogen (secondary N) is 1. The summed E-state index contributed by atoms with van der Waals surface area (Å²) in [6.07, 6.45) is 18.6. The molecule has 0 unspecified atom stereocenters. The Balaban J connectivity index is 1.85. The third-order valence-electron chi connectivity index (χ3n) is 5.65. The van der Waals surface area contributed by atoms with Crippen LogP contribution in [-0.2, 0) is 5.54 Å². The minimum atomic E-state index is -0.0331. The molecule has 0 radical (unpaired) electrons. The number of hydrogen-bond donors (Lipinski definition) is 1. The normalized spacial score (nSPS) is 25.4. The molecule has 1 saturated heterocycles. The number of hydrogen-bond acceptors (Lipinski definition) is 5. The predicted octanol–water partition coefficient (Wildman–Crippen LogP) is 4.17. The Hall–Kier alpha value is -0.940. The van der Waals surface area contributed by atoms with Crippen LogP contribution in [0.1, 0.15) is 89.2 Å². The van der Waals surface area contributed by atoms with Gasteiger partial charge in [0.05, 0.1) is 5.54 Å². The summed E-state index contributed by atoms with van der Waals surface area (Å²) in [4.78, 5) is 0. The van der Waals surface area contributed by atoms with Crippen molar-refractivity contribution in [3.05, 3.63) is 12.0 Å². The average molecular weight is 320 g/mol. The summed E-state index contributed by atoms with van der Waals surface area (Å²) in [6.45, 7) is 2.18. The molecule has 0 aromatic carbocycles. The fourth-order valence-corrected chi connectivity index (χ4v) is 4.28. The van der Waals surface area contributed by atoms with E-state index in [-0.39, 0.29) is 5.54 Å². The van der Waals surface area contributed by atoms with Gasteiger partial charge in [0.1, 0.15) is 12.0 Å². The maximum Gasteiger partial charge on any atom is 0.149 e. The van der Waals surface area contributed by atoms with Gasteiger partial charge in [-0.3, -0.25) is 5.43 Å². The first kappa shape index (κ1) is 16.9. The fourth-order valence-electron chi connectivity index (χ4n) is 4.28. The molecule has 1 aromatic heterocycles. The van der Waals surface area contributed by atoms with E-state index in [4.69, 9.17) is 4.52 Å². The molecule has 1 aliphatic carbocycles. The molecule has 130 valence electrons. The van der Waals surface area contributed by atoms with Gasteiger partial charge < -0.3 is 4.52 Å². The minimum absolute atomic E-state index is 0.0331. The van der Waals surface area contributed by atoms with Crippen LogP contribution in [0.4, 0.5) is 0 Å². The summed E-state index contributed by atoms with van der Waals surface area (Å²) in [5, 5.41) is 10.7. The van der Waals surface area contributed by atoms with Crippen molar-refractivity contribution in [2.24, 2.45) is 0 Å². The van der Waals surface area contributed by atoms with Crippen LogP contribution in [-0.4, -0.2) is 28.5 Å². The Bertz CT molecular complexity index is 414. The second kappa shape index (κ2) is 8.78. The summed E-state index contributed by atoms with van der Waals surface area (Å²) in [7, 11) is 0. The quantitative estimate of drug-likeness (QED) is 0.886. The van der Waals surface area contributed by atoms with Crippen LogP contribution in [0.3, 0.4) is 0 Å². The van der Waals surface area contributed by atoms with E-state index < -0.39 is 0 Å². The molecule has 5 heteroatoms. The van der Waals surface area contributed by atoms with Crippen LogP contribution in [0.2, 0.25) is 0 Å². The number of rotatable bonds is 2. The SMILES string of the molecule is c1onnc1C1(N2CCCCCCCN2)CCCCCCCC1. The summed E-state index contributed by atoms with van der Waals surface area (Å²) in [5.41, 5.74) is 4.75. The molecular weight excluding hydrogens is 288 g/mol. The summed E-state index contributed by atoms with van der Waals surface area (Å²) < 4.78 is 5.15. The van der Waals surface area contributed by atoms with E-state index in [2.05, 4.69) is 20.8 Å². The highest BCUT2D eigenvalue weighted by Crippen LogP contribution is 2.38. The zero-order valence-corrected chi connectivity index (χ0v) is 14.4. The fraction of sp³-hybridized carbons (Fsp3) is 0.889. The molecule has 3 rings (SSSR count). The number of aromatic nitrogens is 2. The lowest BCUT2D eigenvalue weighted by molar-refractivity contribution is 0.00805. The number of nitrogens with zero attached hydrogens (tertiary/aromatic N) is 3. The van der Waals surface area contributed by atoms with Crippen molar-refractivity contribution in [1.29, 1.82) is 0 Å². The van der Waals surface area contributed by atoms with Crippen LogP contribution in [0.25, 0.3) is 0 Å². The van der Waals surface area contributed by atoms with Crippen LogP contribution in [0, 0.1) is 0 Å². The second-order valence-corrected chi connectivity index (χ2v) is 7.27. The van der Waals surface area contributed by atoms with Gasteiger partial charge in [-0.2, -0.15) is 0 Å². The molecule has 2 heterocycles. The van der Waals surface area contributed by atoms with Gasteiger partial charge in [-0.1, -0.05) is 57.8 Å². The van der Waals surface area contributed by atoms with Crippen molar-refractivity contribution >= 4 is 0 Å². The molecule has 1 saturated carbocycles. The van der Waals surface area contributed by atoms with Gasteiger partial charge in [0.15, 0.2) is 0 Å². The van der Waals surface area contributed by atoms with E-state index in [0.29, 0.717) is 0 Å². The van der Waals surface area contributed by atoms with E-state index in [0.717, 1.165) is 31.6 Å². The number of hydrazine groups is 1. The van der Waals surface area contributed by atoms with Crippen molar-refractivity contribution in [3.8, 4) is 0 Å². The van der Waals surface area contributed by atoms with Crippen molar-refractivity contribution in [3.63, 3.8) is 0 Å². The van der Waals surface area contributed by atoms with Crippen molar-refractivity contribution in [2.75, 3.05) is 13.1 Å². The molecule has 0 amide bonds. The molecular formula is C18H32N4O. The van der Waals surface area contributed by atoms with Gasteiger partial charge in [-0.25, -0.2) is 5.01 Å². The average Bonchev–Trinajstić information content (AvgIpc) is 3.15. The molecule has 2 fully saturated rings. The zero-order valence-electron chi connectivity index (χ0n) is 14.4. The van der Waals surface area contributed by atoms with Gasteiger partial charge in [-0.05, 0) is 25.7 Å². The summed E-state index contributed by atoms with van der Waals surface area (Å²) >= 11 is 0. The van der Waals surface area contributed by atoms with E-state index in [9.17, 15) is 0 Å². The van der Waals surface area contributed by atoms with Gasteiger partial charge in [0.2, 0.25) is 0 Å². The summed E-state index contributed by atoms with van der Waals surface area (Å²) in [6, 6.07) is 0. The predicted molar refractivity (Wildman–Crippen MR) is 90.7 cm³/mol. The molecule has 1 aromatic rings. The standard InChI is InChI=1S/C18H32N4O/c1-2-5-9-13-18(12-8-4-1,17-16-23-21-20-17)22-15-11-7-3-6-10-14-19-22/h16,19H,1-15H2. The highest BCUT2D eigenvalue weighted by Gasteiger charge is 2.40. The molecule has 1 N–H and O–H groups in total.